The van der Waals surface area contributed by atoms with Crippen LogP contribution in [0.3, 0.4) is 0 Å². The number of carbonyl (C=O) groups is 1. The Morgan fingerprint density at radius 3 is 2.66 bits per heavy atom. The highest BCUT2D eigenvalue weighted by atomic mass is 35.5. The molecule has 11 heteroatoms. The molecule has 32 heavy (non-hydrogen) atoms. The molecule has 0 atom stereocenters. The van der Waals surface area contributed by atoms with E-state index in [0.717, 1.165) is 5.56 Å². The van der Waals surface area contributed by atoms with Crippen LogP contribution in [0.15, 0.2) is 45.7 Å². The third-order valence-electron chi connectivity index (χ3n) is 4.89. The normalized spacial score (nSPS) is 14.6. The highest BCUT2D eigenvalue weighted by Gasteiger charge is 2.28. The average molecular weight is 518 g/mol. The predicted octanol–water partition coefficient (Wildman–Crippen LogP) is 3.92. The van der Waals surface area contributed by atoms with Gasteiger partial charge in [0.2, 0.25) is 5.91 Å². The molecule has 1 aliphatic rings. The van der Waals surface area contributed by atoms with Gasteiger partial charge in [-0.25, -0.2) is 0 Å². The van der Waals surface area contributed by atoms with Crippen LogP contribution < -0.4 is 5.32 Å². The number of hydrogen-bond acceptors (Lipinski definition) is 4. The third kappa shape index (κ3) is 6.14. The third-order valence-corrected chi connectivity index (χ3v) is 7.10. The van der Waals surface area contributed by atoms with Crippen molar-refractivity contribution >= 4 is 62.8 Å². The van der Waals surface area contributed by atoms with E-state index < -0.39 is 15.0 Å². The highest BCUT2D eigenvalue weighted by Crippen LogP contribution is 2.32. The molecule has 0 radical (unpaired) electrons. The zero-order valence-electron chi connectivity index (χ0n) is 17.6. The average Bonchev–Trinajstić information content (AvgIpc) is 2.73. The summed E-state index contributed by atoms with van der Waals surface area (Å²) in [4.78, 5) is 15.3. The second-order valence-electron chi connectivity index (χ2n) is 7.59. The summed E-state index contributed by atoms with van der Waals surface area (Å²) in [6.07, 6.45) is 1.72. The minimum atomic E-state index is -3.99. The number of amides is 1. The van der Waals surface area contributed by atoms with Crippen molar-refractivity contribution < 1.29 is 13.2 Å². The van der Waals surface area contributed by atoms with E-state index in [0.29, 0.717) is 41.3 Å². The van der Waals surface area contributed by atoms with Gasteiger partial charge >= 0.3 is 0 Å². The summed E-state index contributed by atoms with van der Waals surface area (Å²) in [5, 5.41) is 3.27. The number of nitrogens with zero attached hydrogens (tertiary/aromatic N) is 3. The number of halogens is 3. The van der Waals surface area contributed by atoms with Crippen molar-refractivity contribution in [3.8, 4) is 0 Å². The van der Waals surface area contributed by atoms with Crippen LogP contribution in [0.5, 0.6) is 0 Å². The summed E-state index contributed by atoms with van der Waals surface area (Å²) < 4.78 is 29.7. The Bertz CT molecular complexity index is 1140. The maximum atomic E-state index is 13.0. The van der Waals surface area contributed by atoms with Crippen molar-refractivity contribution in [1.82, 2.24) is 9.80 Å². The first-order valence-electron chi connectivity index (χ1n) is 9.75. The van der Waals surface area contributed by atoms with Gasteiger partial charge in [-0.15, -0.1) is 4.40 Å². The molecule has 0 unspecified atom stereocenters. The molecule has 1 heterocycles. The van der Waals surface area contributed by atoms with Crippen molar-refractivity contribution in [2.45, 2.75) is 29.2 Å². The molecule has 1 aliphatic heterocycles. The molecule has 1 amide bonds. The molecule has 2 aromatic rings. The van der Waals surface area contributed by atoms with E-state index in [1.54, 1.807) is 49.3 Å². The first kappa shape index (κ1) is 24.8. The van der Waals surface area contributed by atoms with Crippen molar-refractivity contribution in [3.63, 3.8) is 0 Å². The summed E-state index contributed by atoms with van der Waals surface area (Å²) in [6, 6.07) is 10.2. The number of nitrogens with one attached hydrogen (secondary N) is 1. The molecule has 3 rings (SSSR count). The molecule has 1 N–H and O–H groups in total. The van der Waals surface area contributed by atoms with Gasteiger partial charge in [0.1, 0.15) is 6.34 Å². The zero-order chi connectivity index (χ0) is 23.5. The molecule has 2 aromatic carbocycles. The van der Waals surface area contributed by atoms with Gasteiger partial charge in [-0.1, -0.05) is 53.0 Å². The highest BCUT2D eigenvalue weighted by molar-refractivity contribution is 7.90. The first-order chi connectivity index (χ1) is 15.1. The summed E-state index contributed by atoms with van der Waals surface area (Å²) >= 11 is 18.2. The number of benzene rings is 2. The Labute approximate surface area is 203 Å². The monoisotopic (exact) mass is 516 g/mol. The quantitative estimate of drug-likeness (QED) is 0.261. The number of alkyl halides is 2. The lowest BCUT2D eigenvalue weighted by molar-refractivity contribution is -0.115. The molecule has 0 bridgehead atoms. The summed E-state index contributed by atoms with van der Waals surface area (Å²) in [7, 11) is -0.629. The first-order valence-corrected chi connectivity index (χ1v) is 12.4. The largest absolute Gasteiger partial charge is 0.368 e. The van der Waals surface area contributed by atoms with Gasteiger partial charge in [-0.3, -0.25) is 9.69 Å². The zero-order valence-corrected chi connectivity index (χ0v) is 20.6. The lowest BCUT2D eigenvalue weighted by Crippen LogP contribution is -2.34. The minimum absolute atomic E-state index is 0.0508. The fraction of sp³-hybridized carbons (Fsp3) is 0.333. The molecule has 0 fully saturated rings. The number of fused-ring (bicyclic) bond motifs is 1. The van der Waals surface area contributed by atoms with E-state index >= 15 is 0 Å². The molecule has 0 spiro atoms. The van der Waals surface area contributed by atoms with Gasteiger partial charge in [0, 0.05) is 37.9 Å². The molecule has 0 saturated carbocycles. The molecule has 172 valence electrons. The molecular formula is C21H23Cl3N4O3S. The van der Waals surface area contributed by atoms with Crippen LogP contribution in [-0.2, 0) is 34.2 Å². The topological polar surface area (TPSA) is 82.1 Å². The number of sulfonamides is 1. The predicted molar refractivity (Wildman–Crippen MR) is 129 cm³/mol. The Hall–Kier alpha value is -1.84. The van der Waals surface area contributed by atoms with Gasteiger partial charge < -0.3 is 10.2 Å². The number of anilines is 1. The van der Waals surface area contributed by atoms with Gasteiger partial charge in [-0.2, -0.15) is 8.42 Å². The SMILES string of the molecule is CN(C)C=NS(=O)(=O)c1cc(NC(=O)Cc2ccccc2Cl)cc2c1CCN(C(Cl)Cl)C2. The minimum Gasteiger partial charge on any atom is -0.368 e. The number of carbonyl (C=O) groups excluding carboxylic acids is 1. The van der Waals surface area contributed by atoms with Crippen molar-refractivity contribution in [2.24, 2.45) is 4.40 Å². The molecule has 7 nitrogen and oxygen atoms in total. The Morgan fingerprint density at radius 2 is 2.00 bits per heavy atom. The summed E-state index contributed by atoms with van der Waals surface area (Å²) in [5.74, 6) is -0.321. The molecule has 0 aliphatic carbocycles. The van der Waals surface area contributed by atoms with E-state index in [4.69, 9.17) is 34.8 Å². The van der Waals surface area contributed by atoms with Crippen molar-refractivity contribution in [3.05, 3.63) is 58.1 Å². The van der Waals surface area contributed by atoms with Gasteiger partial charge in [0.25, 0.3) is 10.0 Å². The molecular weight excluding hydrogens is 495 g/mol. The van der Waals surface area contributed by atoms with Crippen LogP contribution in [0, 0.1) is 0 Å². The molecule has 0 saturated heterocycles. The van der Waals surface area contributed by atoms with Crippen LogP contribution >= 0.6 is 34.8 Å². The van der Waals surface area contributed by atoms with Gasteiger partial charge in [0.15, 0.2) is 4.96 Å². The Kier molecular flexibility index (Phi) is 8.06. The lowest BCUT2D eigenvalue weighted by Gasteiger charge is -2.30. The van der Waals surface area contributed by atoms with E-state index in [1.807, 2.05) is 0 Å². The van der Waals surface area contributed by atoms with Gasteiger partial charge in [0.05, 0.1) is 11.3 Å². The Morgan fingerprint density at radius 1 is 1.28 bits per heavy atom. The molecule has 0 aromatic heterocycles. The maximum absolute atomic E-state index is 13.0. The fourth-order valence-corrected chi connectivity index (χ4v) is 5.17. The van der Waals surface area contributed by atoms with E-state index in [2.05, 4.69) is 9.71 Å². The van der Waals surface area contributed by atoms with Crippen LogP contribution in [0.25, 0.3) is 0 Å². The standard InChI is InChI=1S/C21H23Cl3N4O3S/c1-27(2)13-25-32(30,31)19-11-16(9-15-12-28(21(23)24)8-7-17(15)19)26-20(29)10-14-5-3-4-6-18(14)22/h3-6,9,11,13,21H,7-8,10,12H2,1-2H3,(H,26,29). The van der Waals surface area contributed by atoms with E-state index in [-0.39, 0.29) is 17.2 Å². The number of hydrogen-bond donors (Lipinski definition) is 1. The van der Waals surface area contributed by atoms with Crippen LogP contribution in [0.4, 0.5) is 5.69 Å². The summed E-state index contributed by atoms with van der Waals surface area (Å²) in [5.41, 5.74) is 2.39. The van der Waals surface area contributed by atoms with Crippen LogP contribution in [0.2, 0.25) is 5.02 Å². The van der Waals surface area contributed by atoms with Gasteiger partial charge in [-0.05, 0) is 41.3 Å². The second-order valence-corrected chi connectivity index (χ2v) is 10.6. The Balaban J connectivity index is 1.97. The van der Waals surface area contributed by atoms with Crippen molar-refractivity contribution in [1.29, 1.82) is 0 Å². The fourth-order valence-electron chi connectivity index (χ4n) is 3.38. The van der Waals surface area contributed by atoms with E-state index in [1.165, 1.54) is 17.3 Å². The van der Waals surface area contributed by atoms with E-state index in [9.17, 15) is 13.2 Å². The van der Waals surface area contributed by atoms with Crippen molar-refractivity contribution in [2.75, 3.05) is 26.0 Å². The lowest BCUT2D eigenvalue weighted by atomic mass is 9.99. The smallest absolute Gasteiger partial charge is 0.284 e. The number of rotatable bonds is 7. The summed E-state index contributed by atoms with van der Waals surface area (Å²) in [6.45, 7) is 0.851. The van der Waals surface area contributed by atoms with Crippen LogP contribution in [-0.4, -0.2) is 56.1 Å². The van der Waals surface area contributed by atoms with Crippen LogP contribution in [0.1, 0.15) is 16.7 Å². The second kappa shape index (κ2) is 10.4. The maximum Gasteiger partial charge on any atom is 0.284 e.